The summed E-state index contributed by atoms with van der Waals surface area (Å²) in [6, 6.07) is 16.3. The van der Waals surface area contributed by atoms with Crippen LogP contribution in [0.15, 0.2) is 53.4 Å². The molecule has 0 heterocycles. The molecule has 0 aromatic heterocycles. The molecule has 6 nitrogen and oxygen atoms in total. The largest absolute Gasteiger partial charge is 0.325 e. The Hall–Kier alpha value is -2.69. The van der Waals surface area contributed by atoms with Crippen LogP contribution in [0.25, 0.3) is 0 Å². The van der Waals surface area contributed by atoms with Gasteiger partial charge in [0.25, 0.3) is 0 Å². The van der Waals surface area contributed by atoms with Crippen LogP contribution in [0.2, 0.25) is 0 Å². The third-order valence-electron chi connectivity index (χ3n) is 6.59. The van der Waals surface area contributed by atoms with Crippen molar-refractivity contribution in [3.8, 4) is 6.07 Å². The molecule has 0 spiro atoms. The number of nitriles is 1. The van der Waals surface area contributed by atoms with Crippen molar-refractivity contribution in [1.29, 1.82) is 5.26 Å². The lowest BCUT2D eigenvalue weighted by molar-refractivity contribution is -0.116. The molecule has 0 unspecified atom stereocenters. The second kappa shape index (κ2) is 9.05. The first-order valence-corrected chi connectivity index (χ1v) is 12.7. The van der Waals surface area contributed by atoms with Gasteiger partial charge in [0.1, 0.15) is 0 Å². The number of rotatable bonds is 7. The zero-order valence-corrected chi connectivity index (χ0v) is 19.2. The van der Waals surface area contributed by atoms with Gasteiger partial charge in [-0.2, -0.15) is 9.57 Å². The highest BCUT2D eigenvalue weighted by Crippen LogP contribution is 2.47. The zero-order valence-electron chi connectivity index (χ0n) is 18.4. The predicted molar refractivity (Wildman–Crippen MR) is 124 cm³/mol. The van der Waals surface area contributed by atoms with E-state index in [1.807, 2.05) is 19.1 Å². The second-order valence-electron chi connectivity index (χ2n) is 8.97. The van der Waals surface area contributed by atoms with Crippen molar-refractivity contribution in [2.24, 2.45) is 0 Å². The van der Waals surface area contributed by atoms with Crippen molar-refractivity contribution in [2.75, 3.05) is 11.9 Å². The summed E-state index contributed by atoms with van der Waals surface area (Å²) in [6.07, 6.45) is 6.29. The molecule has 2 aromatic rings. The van der Waals surface area contributed by atoms with Gasteiger partial charge in [-0.15, -0.1) is 0 Å². The third-order valence-corrected chi connectivity index (χ3v) is 8.51. The molecule has 4 rings (SSSR count). The van der Waals surface area contributed by atoms with Gasteiger partial charge in [0.2, 0.25) is 15.9 Å². The molecule has 2 aliphatic carbocycles. The lowest BCUT2D eigenvalue weighted by atomic mass is 9.95. The molecular formula is C25H29N3O3S. The Labute approximate surface area is 190 Å². The number of carbonyl (C=O) groups excluding carboxylic acids is 1. The van der Waals surface area contributed by atoms with Crippen LogP contribution in [-0.2, 0) is 20.2 Å². The summed E-state index contributed by atoms with van der Waals surface area (Å²) < 4.78 is 28.3. The molecule has 0 atom stereocenters. The van der Waals surface area contributed by atoms with E-state index in [9.17, 15) is 18.5 Å². The number of hydrogen-bond donors (Lipinski definition) is 1. The van der Waals surface area contributed by atoms with Gasteiger partial charge in [0.15, 0.2) is 0 Å². The van der Waals surface area contributed by atoms with E-state index >= 15 is 0 Å². The summed E-state index contributed by atoms with van der Waals surface area (Å²) >= 11 is 0. The van der Waals surface area contributed by atoms with E-state index in [1.165, 1.54) is 4.31 Å². The van der Waals surface area contributed by atoms with Gasteiger partial charge in [0.05, 0.1) is 22.9 Å². The van der Waals surface area contributed by atoms with Gasteiger partial charge in [-0.25, -0.2) is 8.42 Å². The van der Waals surface area contributed by atoms with Crippen LogP contribution in [0.1, 0.15) is 56.1 Å². The fourth-order valence-corrected chi connectivity index (χ4v) is 6.07. The second-order valence-corrected chi connectivity index (χ2v) is 10.9. The van der Waals surface area contributed by atoms with E-state index < -0.39 is 10.0 Å². The average Bonchev–Trinajstić information content (AvgIpc) is 3.60. The fraction of sp³-hybridized carbons (Fsp3) is 0.440. The first-order chi connectivity index (χ1) is 15.3. The van der Waals surface area contributed by atoms with Crippen LogP contribution in [-0.4, -0.2) is 31.2 Å². The van der Waals surface area contributed by atoms with E-state index in [-0.39, 0.29) is 28.8 Å². The lowest BCUT2D eigenvalue weighted by Gasteiger charge is -2.33. The van der Waals surface area contributed by atoms with Crippen molar-refractivity contribution in [3.05, 3.63) is 59.7 Å². The highest BCUT2D eigenvalue weighted by molar-refractivity contribution is 7.89. The van der Waals surface area contributed by atoms with Crippen molar-refractivity contribution in [2.45, 2.75) is 68.2 Å². The number of sulfonamides is 1. The average molecular weight is 452 g/mol. The van der Waals surface area contributed by atoms with Crippen LogP contribution < -0.4 is 5.32 Å². The predicted octanol–water partition coefficient (Wildman–Crippen LogP) is 4.51. The van der Waals surface area contributed by atoms with Gasteiger partial charge >= 0.3 is 0 Å². The summed E-state index contributed by atoms with van der Waals surface area (Å²) in [5, 5.41) is 12.2. The summed E-state index contributed by atoms with van der Waals surface area (Å²) in [5.41, 5.74) is 2.17. The Balaban J connectivity index is 1.51. The number of nitrogens with one attached hydrogen (secondary N) is 1. The van der Waals surface area contributed by atoms with Gasteiger partial charge in [-0.05, 0) is 62.4 Å². The molecule has 2 aliphatic rings. The minimum Gasteiger partial charge on any atom is -0.325 e. The number of benzene rings is 2. The quantitative estimate of drug-likeness (QED) is 0.670. The topological polar surface area (TPSA) is 90.3 Å². The van der Waals surface area contributed by atoms with Gasteiger partial charge in [0, 0.05) is 11.7 Å². The standard InChI is InChI=1S/C25H29N3O3S/c1-19-7-13-23(14-8-19)32(30,31)28(22-5-3-2-4-6-22)17-24(29)27-21-11-9-20(10-12-21)25(18-26)15-16-25/h7-14,22H,2-6,15-17H2,1H3,(H,27,29). The zero-order chi connectivity index (χ0) is 22.8. The summed E-state index contributed by atoms with van der Waals surface area (Å²) in [7, 11) is -3.79. The Bertz CT molecular complexity index is 1110. The van der Waals surface area contributed by atoms with Crippen LogP contribution in [0, 0.1) is 18.3 Å². The van der Waals surface area contributed by atoms with Crippen LogP contribution in [0.5, 0.6) is 0 Å². The number of hydrogen-bond acceptors (Lipinski definition) is 4. The summed E-state index contributed by atoms with van der Waals surface area (Å²) in [4.78, 5) is 13.1. The minimum absolute atomic E-state index is 0.173. The van der Waals surface area contributed by atoms with E-state index in [4.69, 9.17) is 0 Å². The van der Waals surface area contributed by atoms with Crippen molar-refractivity contribution >= 4 is 21.6 Å². The molecule has 1 amide bonds. The molecule has 0 saturated heterocycles. The van der Waals surface area contributed by atoms with E-state index in [0.29, 0.717) is 5.69 Å². The molecule has 2 fully saturated rings. The Morgan fingerprint density at radius 3 is 2.25 bits per heavy atom. The lowest BCUT2D eigenvalue weighted by Crippen LogP contribution is -2.45. The molecule has 2 aromatic carbocycles. The minimum atomic E-state index is -3.79. The number of amides is 1. The van der Waals surface area contributed by atoms with Crippen molar-refractivity contribution in [1.82, 2.24) is 4.31 Å². The highest BCUT2D eigenvalue weighted by atomic mass is 32.2. The number of carbonyl (C=O) groups is 1. The van der Waals surface area contributed by atoms with E-state index in [0.717, 1.165) is 56.1 Å². The normalized spacial score (nSPS) is 18.2. The maximum atomic E-state index is 13.4. The maximum absolute atomic E-state index is 13.4. The highest BCUT2D eigenvalue weighted by Gasteiger charge is 2.44. The Morgan fingerprint density at radius 1 is 1.06 bits per heavy atom. The summed E-state index contributed by atoms with van der Waals surface area (Å²) in [5.74, 6) is -0.361. The third kappa shape index (κ3) is 4.72. The SMILES string of the molecule is Cc1ccc(S(=O)(=O)N(CC(=O)Nc2ccc(C3(C#N)CC3)cc2)C2CCCCC2)cc1. The molecule has 32 heavy (non-hydrogen) atoms. The number of anilines is 1. The first kappa shape index (κ1) is 22.5. The van der Waals surface area contributed by atoms with Gasteiger partial charge in [-0.3, -0.25) is 4.79 Å². The maximum Gasteiger partial charge on any atom is 0.243 e. The Morgan fingerprint density at radius 2 is 1.69 bits per heavy atom. The molecule has 0 radical (unpaired) electrons. The molecular weight excluding hydrogens is 422 g/mol. The van der Waals surface area contributed by atoms with Gasteiger partial charge < -0.3 is 5.32 Å². The molecule has 7 heteroatoms. The smallest absolute Gasteiger partial charge is 0.243 e. The van der Waals surface area contributed by atoms with Crippen molar-refractivity contribution in [3.63, 3.8) is 0 Å². The summed E-state index contributed by atoms with van der Waals surface area (Å²) in [6.45, 7) is 1.69. The molecule has 1 N–H and O–H groups in total. The molecule has 0 bridgehead atoms. The van der Waals surface area contributed by atoms with Crippen LogP contribution in [0.4, 0.5) is 5.69 Å². The van der Waals surface area contributed by atoms with Crippen LogP contribution in [0.3, 0.4) is 0 Å². The molecule has 2 saturated carbocycles. The van der Waals surface area contributed by atoms with Crippen LogP contribution >= 0.6 is 0 Å². The first-order valence-electron chi connectivity index (χ1n) is 11.2. The molecule has 168 valence electrons. The number of nitrogens with zero attached hydrogens (tertiary/aromatic N) is 2. The van der Waals surface area contributed by atoms with Gasteiger partial charge in [-0.1, -0.05) is 49.1 Å². The van der Waals surface area contributed by atoms with Crippen molar-refractivity contribution < 1.29 is 13.2 Å². The monoisotopic (exact) mass is 451 g/mol. The Kier molecular flexibility index (Phi) is 6.36. The number of aryl methyl sites for hydroxylation is 1. The van der Waals surface area contributed by atoms with E-state index in [1.54, 1.807) is 36.4 Å². The van der Waals surface area contributed by atoms with E-state index in [2.05, 4.69) is 11.4 Å². The fourth-order valence-electron chi connectivity index (χ4n) is 4.43. The molecule has 0 aliphatic heterocycles.